The third-order valence-corrected chi connectivity index (χ3v) is 8.48. The molecule has 1 aliphatic heterocycles. The summed E-state index contributed by atoms with van der Waals surface area (Å²) in [5.41, 5.74) is 1.53. The molecule has 1 amide bonds. The number of halogens is 1. The van der Waals surface area contributed by atoms with Crippen LogP contribution in [0, 0.1) is 6.92 Å². The lowest BCUT2D eigenvalue weighted by atomic mass is 10.2. The number of carbonyl (C=O) groups excluding carboxylic acids is 1. The molecule has 0 N–H and O–H groups in total. The number of ether oxygens (including phenoxy) is 2. The van der Waals surface area contributed by atoms with Crippen LogP contribution in [0.3, 0.4) is 0 Å². The standard InChI is InChI=1S/C22H23ClN2O5S2/c1-14-18(23)9-10-19-21(14)24-22(31-19)25(12-16-4-3-11-30-16)20(26)13-32(27,28)17-7-5-15(29-2)6-8-17/h5-10,16H,3-4,11-13H2,1-2H3. The minimum absolute atomic E-state index is 0.0654. The van der Waals surface area contributed by atoms with Gasteiger partial charge in [0.15, 0.2) is 15.0 Å². The number of sulfone groups is 1. The van der Waals surface area contributed by atoms with Gasteiger partial charge in [0, 0.05) is 11.6 Å². The van der Waals surface area contributed by atoms with Gasteiger partial charge in [-0.05, 0) is 61.7 Å². The van der Waals surface area contributed by atoms with E-state index in [0.29, 0.717) is 28.0 Å². The van der Waals surface area contributed by atoms with Crippen molar-refractivity contribution in [2.75, 3.05) is 30.9 Å². The summed E-state index contributed by atoms with van der Waals surface area (Å²) < 4.78 is 37.5. The molecule has 0 radical (unpaired) electrons. The molecule has 2 heterocycles. The molecule has 32 heavy (non-hydrogen) atoms. The molecule has 0 spiro atoms. The van der Waals surface area contributed by atoms with Gasteiger partial charge in [0.05, 0.1) is 34.9 Å². The molecule has 7 nitrogen and oxygen atoms in total. The molecule has 3 aromatic rings. The maximum absolute atomic E-state index is 13.3. The van der Waals surface area contributed by atoms with Gasteiger partial charge in [0.25, 0.3) is 0 Å². The van der Waals surface area contributed by atoms with E-state index in [4.69, 9.17) is 21.1 Å². The molecule has 0 bridgehead atoms. The van der Waals surface area contributed by atoms with Crippen LogP contribution in [-0.4, -0.2) is 51.4 Å². The summed E-state index contributed by atoms with van der Waals surface area (Å²) in [5, 5.41) is 1.03. The SMILES string of the molecule is COc1ccc(S(=O)(=O)CC(=O)N(CC2CCCO2)c2nc3c(C)c(Cl)ccc3s2)cc1. The molecule has 1 unspecified atom stereocenters. The van der Waals surface area contributed by atoms with Crippen LogP contribution in [0.15, 0.2) is 41.3 Å². The van der Waals surface area contributed by atoms with E-state index < -0.39 is 21.5 Å². The van der Waals surface area contributed by atoms with Crippen molar-refractivity contribution in [3.8, 4) is 5.75 Å². The molecule has 4 rings (SSSR count). The number of hydrogen-bond acceptors (Lipinski definition) is 7. The van der Waals surface area contributed by atoms with Crippen LogP contribution >= 0.6 is 22.9 Å². The number of amides is 1. The van der Waals surface area contributed by atoms with E-state index in [2.05, 4.69) is 4.98 Å². The molecule has 0 aliphatic carbocycles. The predicted molar refractivity (Wildman–Crippen MR) is 126 cm³/mol. The lowest BCUT2D eigenvalue weighted by Gasteiger charge is -2.23. The summed E-state index contributed by atoms with van der Waals surface area (Å²) in [6, 6.07) is 9.64. The lowest BCUT2D eigenvalue weighted by molar-refractivity contribution is -0.116. The minimum atomic E-state index is -3.85. The van der Waals surface area contributed by atoms with Gasteiger partial charge in [0.1, 0.15) is 11.5 Å². The zero-order chi connectivity index (χ0) is 22.9. The molecule has 1 saturated heterocycles. The quantitative estimate of drug-likeness (QED) is 0.488. The Labute approximate surface area is 195 Å². The second-order valence-corrected chi connectivity index (χ2v) is 11.0. The maximum Gasteiger partial charge on any atom is 0.244 e. The number of thiazole rings is 1. The summed E-state index contributed by atoms with van der Waals surface area (Å²) in [6.45, 7) is 2.75. The number of methoxy groups -OCH3 is 1. The van der Waals surface area contributed by atoms with Crippen molar-refractivity contribution in [3.63, 3.8) is 0 Å². The van der Waals surface area contributed by atoms with Gasteiger partial charge < -0.3 is 9.47 Å². The van der Waals surface area contributed by atoms with Gasteiger partial charge in [-0.15, -0.1) is 0 Å². The largest absolute Gasteiger partial charge is 0.497 e. The minimum Gasteiger partial charge on any atom is -0.497 e. The van der Waals surface area contributed by atoms with Gasteiger partial charge in [0.2, 0.25) is 5.91 Å². The summed E-state index contributed by atoms with van der Waals surface area (Å²) in [7, 11) is -2.35. The van der Waals surface area contributed by atoms with Gasteiger partial charge in [-0.3, -0.25) is 9.69 Å². The van der Waals surface area contributed by atoms with Crippen LogP contribution in [0.25, 0.3) is 10.2 Å². The summed E-state index contributed by atoms with van der Waals surface area (Å²) >= 11 is 7.56. The molecule has 170 valence electrons. The highest BCUT2D eigenvalue weighted by molar-refractivity contribution is 7.92. The van der Waals surface area contributed by atoms with Gasteiger partial charge >= 0.3 is 0 Å². The molecule has 1 atom stereocenters. The smallest absolute Gasteiger partial charge is 0.244 e. The zero-order valence-corrected chi connectivity index (χ0v) is 20.1. The van der Waals surface area contributed by atoms with Crippen molar-refractivity contribution in [3.05, 3.63) is 47.0 Å². The fraction of sp³-hybridized carbons (Fsp3) is 0.364. The second-order valence-electron chi connectivity index (χ2n) is 7.59. The van der Waals surface area contributed by atoms with E-state index in [1.807, 2.05) is 13.0 Å². The fourth-order valence-electron chi connectivity index (χ4n) is 3.59. The van der Waals surface area contributed by atoms with Crippen LogP contribution in [0.4, 0.5) is 5.13 Å². The van der Waals surface area contributed by atoms with Crippen molar-refractivity contribution in [2.24, 2.45) is 0 Å². The average molecular weight is 495 g/mol. The molecule has 2 aromatic carbocycles. The molecule has 1 fully saturated rings. The van der Waals surface area contributed by atoms with Gasteiger partial charge in [-0.1, -0.05) is 22.9 Å². The second kappa shape index (κ2) is 9.35. The van der Waals surface area contributed by atoms with Crippen molar-refractivity contribution in [2.45, 2.75) is 30.8 Å². The first-order valence-electron chi connectivity index (χ1n) is 10.1. The summed E-state index contributed by atoms with van der Waals surface area (Å²) in [6.07, 6.45) is 1.57. The number of benzene rings is 2. The molecule has 10 heteroatoms. The van der Waals surface area contributed by atoms with Crippen LogP contribution in [0.2, 0.25) is 5.02 Å². The van der Waals surface area contributed by atoms with Crippen molar-refractivity contribution >= 4 is 54.0 Å². The van der Waals surface area contributed by atoms with Crippen molar-refractivity contribution < 1.29 is 22.7 Å². The highest BCUT2D eigenvalue weighted by Crippen LogP contribution is 2.34. The monoisotopic (exact) mass is 494 g/mol. The van der Waals surface area contributed by atoms with Crippen molar-refractivity contribution in [1.29, 1.82) is 0 Å². The first kappa shape index (κ1) is 23.0. The number of aryl methyl sites for hydroxylation is 1. The Hall–Kier alpha value is -2.20. The third kappa shape index (κ3) is 4.76. The summed E-state index contributed by atoms with van der Waals surface area (Å²) in [4.78, 5) is 19.4. The number of fused-ring (bicyclic) bond motifs is 1. The number of rotatable bonds is 7. The van der Waals surface area contributed by atoms with Crippen LogP contribution in [0.1, 0.15) is 18.4 Å². The number of hydrogen-bond donors (Lipinski definition) is 0. The molecule has 1 aromatic heterocycles. The molecular weight excluding hydrogens is 472 g/mol. The normalized spacial score (nSPS) is 16.4. The summed E-state index contributed by atoms with van der Waals surface area (Å²) in [5.74, 6) is -0.667. The van der Waals surface area contributed by atoms with Crippen LogP contribution < -0.4 is 9.64 Å². The van der Waals surface area contributed by atoms with Crippen LogP contribution in [0.5, 0.6) is 5.75 Å². The first-order chi connectivity index (χ1) is 15.3. The van der Waals surface area contributed by atoms with E-state index in [0.717, 1.165) is 23.1 Å². The molecule has 1 aliphatic rings. The Bertz CT molecular complexity index is 1240. The number of anilines is 1. The molecular formula is C22H23ClN2O5S2. The Morgan fingerprint density at radius 3 is 2.69 bits per heavy atom. The Balaban J connectivity index is 1.65. The van der Waals surface area contributed by atoms with E-state index in [1.165, 1.54) is 35.5 Å². The highest BCUT2D eigenvalue weighted by Gasteiger charge is 2.30. The van der Waals surface area contributed by atoms with E-state index in [9.17, 15) is 13.2 Å². The fourth-order valence-corrected chi connectivity index (χ4v) is 5.99. The highest BCUT2D eigenvalue weighted by atomic mass is 35.5. The lowest BCUT2D eigenvalue weighted by Crippen LogP contribution is -2.40. The number of carbonyl (C=O) groups is 1. The van der Waals surface area contributed by atoms with E-state index >= 15 is 0 Å². The van der Waals surface area contributed by atoms with Gasteiger partial charge in [-0.2, -0.15) is 0 Å². The van der Waals surface area contributed by atoms with E-state index in [-0.39, 0.29) is 17.5 Å². The maximum atomic E-state index is 13.3. The Morgan fingerprint density at radius 2 is 2.03 bits per heavy atom. The molecule has 0 saturated carbocycles. The van der Waals surface area contributed by atoms with Crippen LogP contribution in [-0.2, 0) is 19.4 Å². The average Bonchev–Trinajstić information content (AvgIpc) is 3.44. The Kier molecular flexibility index (Phi) is 6.71. The third-order valence-electron chi connectivity index (χ3n) is 5.41. The number of aromatic nitrogens is 1. The first-order valence-corrected chi connectivity index (χ1v) is 13.0. The topological polar surface area (TPSA) is 85.8 Å². The van der Waals surface area contributed by atoms with Gasteiger partial charge in [-0.25, -0.2) is 13.4 Å². The Morgan fingerprint density at radius 1 is 1.28 bits per heavy atom. The predicted octanol–water partition coefficient (Wildman–Crippen LogP) is 4.25. The van der Waals surface area contributed by atoms with Crippen molar-refractivity contribution in [1.82, 2.24) is 4.98 Å². The zero-order valence-electron chi connectivity index (χ0n) is 17.7. The van der Waals surface area contributed by atoms with E-state index in [1.54, 1.807) is 18.2 Å². The number of nitrogens with zero attached hydrogens (tertiary/aromatic N) is 2.